The summed E-state index contributed by atoms with van der Waals surface area (Å²) in [5.41, 5.74) is 2.54. The highest BCUT2D eigenvalue weighted by molar-refractivity contribution is 5.78. The standard InChI is InChI=1S/C28H37N3O3/c1-33-26-12-11-22-17-27(26)34-15-6-5-13-30(19-21-8-3-2-4-9-21)20-28(32)29-18-23-16-25(22)31-14-7-10-24(23)31/h2-4,8-9,11-12,17,23-25H,5-7,10,13-16,18-20H2,1H3,(H,29,32)/t23-,24+,25-/m1/s1. The number of amides is 1. The molecule has 1 N–H and O–H groups in total. The van der Waals surface area contributed by atoms with E-state index in [1.54, 1.807) is 7.11 Å². The first-order chi connectivity index (χ1) is 16.7. The number of carbonyl (C=O) groups excluding carboxylic acids is 1. The molecule has 6 nitrogen and oxygen atoms in total. The minimum Gasteiger partial charge on any atom is -0.493 e. The van der Waals surface area contributed by atoms with E-state index in [-0.39, 0.29) is 5.91 Å². The SMILES string of the molecule is COc1ccc2cc1OCCCCN(Cc1ccccc1)CC(=O)NC[C@H]1C[C@H]2N2CCC[C@@H]12. The van der Waals surface area contributed by atoms with Crippen LogP contribution in [-0.4, -0.2) is 61.6 Å². The first-order valence-electron chi connectivity index (χ1n) is 12.8. The molecule has 4 bridgehead atoms. The van der Waals surface area contributed by atoms with Gasteiger partial charge in [0.15, 0.2) is 11.5 Å². The van der Waals surface area contributed by atoms with E-state index >= 15 is 0 Å². The van der Waals surface area contributed by atoms with E-state index in [0.717, 1.165) is 56.9 Å². The van der Waals surface area contributed by atoms with Gasteiger partial charge in [0, 0.05) is 25.2 Å². The summed E-state index contributed by atoms with van der Waals surface area (Å²) in [5, 5.41) is 3.29. The van der Waals surface area contributed by atoms with Crippen molar-refractivity contribution in [2.45, 2.75) is 50.7 Å². The molecule has 6 heteroatoms. The number of nitrogens with one attached hydrogen (secondary N) is 1. The van der Waals surface area contributed by atoms with Crippen molar-refractivity contribution in [2.24, 2.45) is 5.92 Å². The summed E-state index contributed by atoms with van der Waals surface area (Å²) in [7, 11) is 1.71. The molecule has 2 fully saturated rings. The Morgan fingerprint density at radius 3 is 2.82 bits per heavy atom. The summed E-state index contributed by atoms with van der Waals surface area (Å²) in [4.78, 5) is 17.9. The summed E-state index contributed by atoms with van der Waals surface area (Å²) >= 11 is 0. The van der Waals surface area contributed by atoms with Crippen LogP contribution in [0.3, 0.4) is 0 Å². The van der Waals surface area contributed by atoms with Crippen molar-refractivity contribution in [3.63, 3.8) is 0 Å². The number of rotatable bonds is 3. The Morgan fingerprint density at radius 2 is 1.97 bits per heavy atom. The van der Waals surface area contributed by atoms with Gasteiger partial charge in [-0.05, 0) is 74.4 Å². The monoisotopic (exact) mass is 463 g/mol. The van der Waals surface area contributed by atoms with Gasteiger partial charge in [-0.1, -0.05) is 36.4 Å². The van der Waals surface area contributed by atoms with Crippen LogP contribution in [0.4, 0.5) is 0 Å². The fraction of sp³-hybridized carbons (Fsp3) is 0.536. The number of hydrogen-bond donors (Lipinski definition) is 1. The number of benzene rings is 2. The molecule has 2 aromatic rings. The molecule has 3 aliphatic heterocycles. The Kier molecular flexibility index (Phi) is 7.36. The van der Waals surface area contributed by atoms with Crippen molar-refractivity contribution in [1.29, 1.82) is 0 Å². The number of carbonyl (C=O) groups is 1. The fourth-order valence-corrected chi connectivity index (χ4v) is 6.03. The Hall–Kier alpha value is -2.57. The van der Waals surface area contributed by atoms with Gasteiger partial charge >= 0.3 is 0 Å². The third-order valence-corrected chi connectivity index (χ3v) is 7.69. The third kappa shape index (κ3) is 5.23. The average Bonchev–Trinajstić information content (AvgIpc) is 3.46. The number of ether oxygens (including phenoxy) is 2. The normalized spacial score (nSPS) is 26.5. The summed E-state index contributed by atoms with van der Waals surface area (Å²) in [6, 6.07) is 17.8. The minimum atomic E-state index is 0.138. The van der Waals surface area contributed by atoms with Gasteiger partial charge in [-0.15, -0.1) is 0 Å². The van der Waals surface area contributed by atoms with Crippen LogP contribution in [0.1, 0.15) is 49.3 Å². The third-order valence-electron chi connectivity index (χ3n) is 7.69. The second-order valence-corrected chi connectivity index (χ2v) is 9.93. The zero-order valence-electron chi connectivity index (χ0n) is 20.2. The highest BCUT2D eigenvalue weighted by Crippen LogP contribution is 2.46. The molecule has 0 spiro atoms. The zero-order valence-corrected chi connectivity index (χ0v) is 20.2. The summed E-state index contributed by atoms with van der Waals surface area (Å²) in [6.07, 6.45) is 5.43. The van der Waals surface area contributed by atoms with Crippen LogP contribution < -0.4 is 14.8 Å². The molecule has 0 unspecified atom stereocenters. The van der Waals surface area contributed by atoms with Crippen molar-refractivity contribution in [1.82, 2.24) is 15.1 Å². The largest absolute Gasteiger partial charge is 0.493 e. The van der Waals surface area contributed by atoms with Gasteiger partial charge in [-0.25, -0.2) is 0 Å². The molecular weight excluding hydrogens is 426 g/mol. The summed E-state index contributed by atoms with van der Waals surface area (Å²) < 4.78 is 11.8. The maximum absolute atomic E-state index is 13.0. The van der Waals surface area contributed by atoms with Crippen LogP contribution in [0.5, 0.6) is 11.5 Å². The average molecular weight is 464 g/mol. The van der Waals surface area contributed by atoms with E-state index in [9.17, 15) is 4.79 Å². The molecule has 182 valence electrons. The maximum Gasteiger partial charge on any atom is 0.234 e. The van der Waals surface area contributed by atoms with Crippen LogP contribution in [0.25, 0.3) is 0 Å². The molecule has 3 aliphatic rings. The smallest absolute Gasteiger partial charge is 0.234 e. The van der Waals surface area contributed by atoms with Crippen molar-refractivity contribution in [3.8, 4) is 11.5 Å². The number of fused-ring (bicyclic) bond motifs is 8. The molecule has 34 heavy (non-hydrogen) atoms. The van der Waals surface area contributed by atoms with Gasteiger partial charge in [0.2, 0.25) is 5.91 Å². The maximum atomic E-state index is 13.0. The molecule has 3 heterocycles. The minimum absolute atomic E-state index is 0.138. The van der Waals surface area contributed by atoms with E-state index in [4.69, 9.17) is 9.47 Å². The Labute approximate surface area is 203 Å². The Balaban J connectivity index is 1.36. The molecule has 0 radical (unpaired) electrons. The second kappa shape index (κ2) is 10.8. The zero-order chi connectivity index (χ0) is 23.3. The van der Waals surface area contributed by atoms with E-state index in [1.807, 2.05) is 6.07 Å². The van der Waals surface area contributed by atoms with Crippen molar-refractivity contribution in [3.05, 3.63) is 59.7 Å². The van der Waals surface area contributed by atoms with Crippen molar-refractivity contribution in [2.75, 3.05) is 39.9 Å². The lowest BCUT2D eigenvalue weighted by Gasteiger charge is -2.25. The molecule has 0 saturated carbocycles. The van der Waals surface area contributed by atoms with E-state index < -0.39 is 0 Å². The van der Waals surface area contributed by atoms with Gasteiger partial charge in [-0.2, -0.15) is 0 Å². The van der Waals surface area contributed by atoms with E-state index in [1.165, 1.54) is 24.0 Å². The highest BCUT2D eigenvalue weighted by atomic mass is 16.5. The highest BCUT2D eigenvalue weighted by Gasteiger charge is 2.44. The van der Waals surface area contributed by atoms with Crippen molar-refractivity contribution < 1.29 is 14.3 Å². The van der Waals surface area contributed by atoms with E-state index in [2.05, 4.69) is 57.6 Å². The predicted octanol–water partition coefficient (Wildman–Crippen LogP) is 4.01. The molecule has 1 amide bonds. The van der Waals surface area contributed by atoms with Crippen LogP contribution in [0.15, 0.2) is 48.5 Å². The van der Waals surface area contributed by atoms with Gasteiger partial charge < -0.3 is 14.8 Å². The Bertz CT molecular complexity index is 967. The van der Waals surface area contributed by atoms with E-state index in [0.29, 0.717) is 31.2 Å². The number of hydrogen-bond acceptors (Lipinski definition) is 5. The van der Waals surface area contributed by atoms with Crippen LogP contribution in [0, 0.1) is 5.92 Å². The summed E-state index contributed by atoms with van der Waals surface area (Å²) in [6.45, 7) is 4.62. The second-order valence-electron chi connectivity index (χ2n) is 9.93. The number of methoxy groups -OCH3 is 1. The van der Waals surface area contributed by atoms with Crippen molar-refractivity contribution >= 4 is 5.91 Å². The molecule has 3 atom stereocenters. The molecule has 0 aromatic heterocycles. The lowest BCUT2D eigenvalue weighted by atomic mass is 9.94. The molecular formula is C28H37N3O3. The van der Waals surface area contributed by atoms with Crippen LogP contribution in [-0.2, 0) is 11.3 Å². The quantitative estimate of drug-likeness (QED) is 0.745. The lowest BCUT2D eigenvalue weighted by Crippen LogP contribution is -2.41. The fourth-order valence-electron chi connectivity index (χ4n) is 6.03. The van der Waals surface area contributed by atoms with Crippen LogP contribution >= 0.6 is 0 Å². The topological polar surface area (TPSA) is 54.0 Å². The molecule has 2 saturated heterocycles. The van der Waals surface area contributed by atoms with Crippen LogP contribution in [0.2, 0.25) is 0 Å². The number of nitrogens with zero attached hydrogens (tertiary/aromatic N) is 2. The lowest BCUT2D eigenvalue weighted by molar-refractivity contribution is -0.122. The predicted molar refractivity (Wildman–Crippen MR) is 133 cm³/mol. The van der Waals surface area contributed by atoms with Gasteiger partial charge in [0.25, 0.3) is 0 Å². The Morgan fingerprint density at radius 1 is 1.09 bits per heavy atom. The van der Waals surface area contributed by atoms with Gasteiger partial charge in [-0.3, -0.25) is 14.6 Å². The summed E-state index contributed by atoms with van der Waals surface area (Å²) in [5.74, 6) is 2.27. The molecule has 5 rings (SSSR count). The van der Waals surface area contributed by atoms with Gasteiger partial charge in [0.05, 0.1) is 20.3 Å². The molecule has 0 aliphatic carbocycles. The first kappa shape index (κ1) is 23.2. The molecule has 2 aromatic carbocycles. The first-order valence-corrected chi connectivity index (χ1v) is 12.8. The van der Waals surface area contributed by atoms with Gasteiger partial charge in [0.1, 0.15) is 0 Å².